The normalized spacial score (nSPS) is 11.3. The summed E-state index contributed by atoms with van der Waals surface area (Å²) in [7, 11) is -3.80. The van der Waals surface area contributed by atoms with Gasteiger partial charge in [0.15, 0.2) is 0 Å². The van der Waals surface area contributed by atoms with Gasteiger partial charge in [-0.25, -0.2) is 13.1 Å². The van der Waals surface area contributed by atoms with E-state index < -0.39 is 10.0 Å². The molecule has 1 aromatic carbocycles. The molecule has 106 valence electrons. The van der Waals surface area contributed by atoms with E-state index in [1.54, 1.807) is 0 Å². The minimum absolute atomic E-state index is 0.00747. The quantitative estimate of drug-likeness (QED) is 0.555. The summed E-state index contributed by atoms with van der Waals surface area (Å²) in [5.74, 6) is -0.243. The maximum atomic E-state index is 12.0. The average Bonchev–Trinajstić information content (AvgIpc) is 2.31. The molecule has 0 unspecified atom stereocenters. The third-order valence-electron chi connectivity index (χ3n) is 2.17. The molecule has 0 saturated carbocycles. The molecule has 0 heterocycles. The van der Waals surface area contributed by atoms with Crippen LogP contribution in [0.2, 0.25) is 10.0 Å². The van der Waals surface area contributed by atoms with Crippen LogP contribution < -0.4 is 15.8 Å². The van der Waals surface area contributed by atoms with Crippen molar-refractivity contribution in [2.75, 3.05) is 18.8 Å². The molecule has 0 bridgehead atoms. The first-order valence-electron chi connectivity index (χ1n) is 5.23. The second-order valence-electron chi connectivity index (χ2n) is 3.65. The van der Waals surface area contributed by atoms with E-state index in [0.717, 1.165) is 0 Å². The van der Waals surface area contributed by atoms with E-state index in [1.165, 1.54) is 19.1 Å². The molecule has 0 saturated heterocycles. The van der Waals surface area contributed by atoms with Gasteiger partial charge in [-0.05, 0) is 12.1 Å². The molecule has 0 aromatic heterocycles. The molecule has 0 aliphatic heterocycles. The van der Waals surface area contributed by atoms with E-state index in [-0.39, 0.29) is 39.6 Å². The van der Waals surface area contributed by atoms with Crippen molar-refractivity contribution >= 4 is 44.8 Å². The molecule has 0 radical (unpaired) electrons. The topological polar surface area (TPSA) is 101 Å². The van der Waals surface area contributed by atoms with Crippen molar-refractivity contribution in [1.82, 2.24) is 10.0 Å². The maximum absolute atomic E-state index is 12.0. The van der Waals surface area contributed by atoms with E-state index in [4.69, 9.17) is 28.9 Å². The minimum Gasteiger partial charge on any atom is -0.396 e. The predicted molar refractivity (Wildman–Crippen MR) is 74.7 cm³/mol. The number of amides is 1. The van der Waals surface area contributed by atoms with Gasteiger partial charge in [-0.15, -0.1) is 0 Å². The van der Waals surface area contributed by atoms with Crippen LogP contribution in [0.3, 0.4) is 0 Å². The Morgan fingerprint density at radius 1 is 1.32 bits per heavy atom. The summed E-state index contributed by atoms with van der Waals surface area (Å²) in [6.07, 6.45) is 0. The Balaban J connectivity index is 2.84. The van der Waals surface area contributed by atoms with E-state index in [0.29, 0.717) is 0 Å². The predicted octanol–water partition coefficient (Wildman–Crippen LogP) is 0.990. The Labute approximate surface area is 121 Å². The fourth-order valence-electron chi connectivity index (χ4n) is 1.26. The first kappa shape index (κ1) is 16.0. The summed E-state index contributed by atoms with van der Waals surface area (Å²) < 4.78 is 26.2. The van der Waals surface area contributed by atoms with Crippen LogP contribution in [0.15, 0.2) is 17.0 Å². The van der Waals surface area contributed by atoms with Gasteiger partial charge in [0.1, 0.15) is 4.90 Å². The van der Waals surface area contributed by atoms with Crippen molar-refractivity contribution in [2.45, 2.75) is 11.8 Å². The van der Waals surface area contributed by atoms with Gasteiger partial charge in [0, 0.05) is 20.0 Å². The average molecular weight is 326 g/mol. The Morgan fingerprint density at radius 2 is 1.95 bits per heavy atom. The highest BCUT2D eigenvalue weighted by Crippen LogP contribution is 2.32. The molecule has 6 nitrogen and oxygen atoms in total. The molecule has 9 heteroatoms. The lowest BCUT2D eigenvalue weighted by Crippen LogP contribution is -2.33. The van der Waals surface area contributed by atoms with Crippen molar-refractivity contribution in [3.05, 3.63) is 22.2 Å². The molecular weight excluding hydrogens is 313 g/mol. The molecule has 1 amide bonds. The number of carbonyl (C=O) groups is 1. The van der Waals surface area contributed by atoms with Crippen LogP contribution in [0.4, 0.5) is 5.69 Å². The van der Waals surface area contributed by atoms with Gasteiger partial charge in [0.25, 0.3) is 0 Å². The number of nitrogens with two attached hydrogens (primary N) is 1. The van der Waals surface area contributed by atoms with Gasteiger partial charge in [-0.2, -0.15) is 0 Å². The number of benzene rings is 1. The zero-order valence-corrected chi connectivity index (χ0v) is 12.4. The van der Waals surface area contributed by atoms with Crippen LogP contribution in [0.1, 0.15) is 6.92 Å². The molecule has 0 aliphatic carbocycles. The fraction of sp³-hybridized carbons (Fsp3) is 0.300. The van der Waals surface area contributed by atoms with E-state index in [1.807, 2.05) is 0 Å². The smallest absolute Gasteiger partial charge is 0.242 e. The monoisotopic (exact) mass is 325 g/mol. The van der Waals surface area contributed by atoms with Gasteiger partial charge >= 0.3 is 0 Å². The Bertz CT molecular complexity index is 590. The molecular formula is C10H13Cl2N3O3S. The summed E-state index contributed by atoms with van der Waals surface area (Å²) in [5.41, 5.74) is 5.57. The first-order valence-corrected chi connectivity index (χ1v) is 7.47. The third kappa shape index (κ3) is 4.24. The maximum Gasteiger partial charge on any atom is 0.242 e. The van der Waals surface area contributed by atoms with Gasteiger partial charge in [-0.1, -0.05) is 23.2 Å². The van der Waals surface area contributed by atoms with Crippen LogP contribution in [-0.2, 0) is 14.8 Å². The van der Waals surface area contributed by atoms with Crippen molar-refractivity contribution in [2.24, 2.45) is 0 Å². The first-order chi connectivity index (χ1) is 8.75. The van der Waals surface area contributed by atoms with Crippen LogP contribution >= 0.6 is 23.2 Å². The SMILES string of the molecule is CC(=O)NCCNS(=O)(=O)c1ccc(Cl)c(N)c1Cl. The van der Waals surface area contributed by atoms with E-state index in [2.05, 4.69) is 10.0 Å². The van der Waals surface area contributed by atoms with Crippen molar-refractivity contribution in [1.29, 1.82) is 0 Å². The van der Waals surface area contributed by atoms with Crippen molar-refractivity contribution in [3.63, 3.8) is 0 Å². The number of sulfonamides is 1. The zero-order valence-electron chi connectivity index (χ0n) is 10.0. The largest absolute Gasteiger partial charge is 0.396 e. The second kappa shape index (κ2) is 6.42. The van der Waals surface area contributed by atoms with Gasteiger partial charge in [0.05, 0.1) is 15.7 Å². The molecule has 0 fully saturated rings. The van der Waals surface area contributed by atoms with Gasteiger partial charge < -0.3 is 11.1 Å². The van der Waals surface area contributed by atoms with Crippen LogP contribution in [0, 0.1) is 0 Å². The number of carbonyl (C=O) groups excluding carboxylic acids is 1. The Kier molecular flexibility index (Phi) is 5.42. The molecule has 1 rings (SSSR count). The molecule has 0 spiro atoms. The fourth-order valence-corrected chi connectivity index (χ4v) is 3.05. The Hall–Kier alpha value is -1.02. The van der Waals surface area contributed by atoms with Crippen LogP contribution in [-0.4, -0.2) is 27.4 Å². The number of halogens is 2. The highest BCUT2D eigenvalue weighted by molar-refractivity contribution is 7.89. The highest BCUT2D eigenvalue weighted by atomic mass is 35.5. The molecule has 0 atom stereocenters. The lowest BCUT2D eigenvalue weighted by Gasteiger charge is -2.10. The number of hydrogen-bond acceptors (Lipinski definition) is 4. The lowest BCUT2D eigenvalue weighted by atomic mass is 10.3. The van der Waals surface area contributed by atoms with E-state index in [9.17, 15) is 13.2 Å². The summed E-state index contributed by atoms with van der Waals surface area (Å²) in [6.45, 7) is 1.56. The van der Waals surface area contributed by atoms with Gasteiger partial charge in [0.2, 0.25) is 15.9 Å². The van der Waals surface area contributed by atoms with Crippen molar-refractivity contribution < 1.29 is 13.2 Å². The Morgan fingerprint density at radius 3 is 2.53 bits per heavy atom. The van der Waals surface area contributed by atoms with Crippen LogP contribution in [0.5, 0.6) is 0 Å². The molecule has 0 aliphatic rings. The highest BCUT2D eigenvalue weighted by Gasteiger charge is 2.20. The standard InChI is InChI=1S/C10H13Cl2N3O3S/c1-6(16)14-4-5-15-19(17,18)8-3-2-7(11)10(13)9(8)12/h2-3,15H,4-5,13H2,1H3,(H,14,16). The number of nitrogen functional groups attached to an aromatic ring is 1. The number of anilines is 1. The van der Waals surface area contributed by atoms with Crippen LogP contribution in [0.25, 0.3) is 0 Å². The summed E-state index contributed by atoms with van der Waals surface area (Å²) >= 11 is 11.6. The molecule has 1 aromatic rings. The lowest BCUT2D eigenvalue weighted by molar-refractivity contribution is -0.118. The number of rotatable bonds is 5. The van der Waals surface area contributed by atoms with Crippen molar-refractivity contribution in [3.8, 4) is 0 Å². The summed E-state index contributed by atoms with van der Waals surface area (Å²) in [6, 6.07) is 2.62. The minimum atomic E-state index is -3.80. The van der Waals surface area contributed by atoms with Gasteiger partial charge in [-0.3, -0.25) is 4.79 Å². The van der Waals surface area contributed by atoms with E-state index >= 15 is 0 Å². The zero-order chi connectivity index (χ0) is 14.6. The molecule has 19 heavy (non-hydrogen) atoms. The number of hydrogen-bond donors (Lipinski definition) is 3. The summed E-state index contributed by atoms with van der Waals surface area (Å²) in [4.78, 5) is 10.5. The second-order valence-corrected chi connectivity index (χ2v) is 6.17. The number of nitrogens with one attached hydrogen (secondary N) is 2. The summed E-state index contributed by atoms with van der Waals surface area (Å²) in [5, 5.41) is 2.52. The molecule has 4 N–H and O–H groups in total. The third-order valence-corrected chi connectivity index (χ3v) is 4.52.